The summed E-state index contributed by atoms with van der Waals surface area (Å²) in [6.45, 7) is 0.772. The van der Waals surface area contributed by atoms with E-state index in [0.717, 1.165) is 11.3 Å². The van der Waals surface area contributed by atoms with Crippen LogP contribution in [-0.2, 0) is 9.47 Å². The van der Waals surface area contributed by atoms with E-state index in [1.807, 2.05) is 0 Å². The molecule has 5 nitrogen and oxygen atoms in total. The fraction of sp³-hybridized carbons (Fsp3) is 0.444. The molecule has 1 aromatic rings. The molecule has 7 heteroatoms. The summed E-state index contributed by atoms with van der Waals surface area (Å²) in [4.78, 5) is 11.4. The molecule has 90 valence electrons. The molecule has 0 atom stereocenters. The Morgan fingerprint density at radius 3 is 2.69 bits per heavy atom. The van der Waals surface area contributed by atoms with Crippen LogP contribution < -0.4 is 4.74 Å². The molecule has 0 amide bonds. The van der Waals surface area contributed by atoms with Crippen molar-refractivity contribution in [3.05, 3.63) is 9.35 Å². The van der Waals surface area contributed by atoms with Gasteiger partial charge in [-0.25, -0.2) is 4.79 Å². The monoisotopic (exact) mass is 310 g/mol. The molecule has 0 fully saturated rings. The first-order valence-corrected chi connectivity index (χ1v) is 5.94. The minimum absolute atomic E-state index is 0.113. The summed E-state index contributed by atoms with van der Waals surface area (Å²) >= 11 is 4.16. The van der Waals surface area contributed by atoms with Crippen molar-refractivity contribution in [3.8, 4) is 10.8 Å². The van der Waals surface area contributed by atoms with Gasteiger partial charge >= 0.3 is 5.97 Å². The van der Waals surface area contributed by atoms with Crippen molar-refractivity contribution in [2.24, 2.45) is 0 Å². The first-order valence-electron chi connectivity index (χ1n) is 4.33. The van der Waals surface area contributed by atoms with Crippen molar-refractivity contribution in [2.75, 3.05) is 27.4 Å². The lowest BCUT2D eigenvalue weighted by molar-refractivity contribution is 0.0603. The molecule has 0 spiro atoms. The van der Waals surface area contributed by atoms with Crippen molar-refractivity contribution < 1.29 is 24.1 Å². The smallest absolute Gasteiger partial charge is 0.352 e. The van der Waals surface area contributed by atoms with Gasteiger partial charge in [0.15, 0.2) is 15.7 Å². The van der Waals surface area contributed by atoms with Crippen LogP contribution in [0.1, 0.15) is 9.67 Å². The molecule has 0 saturated heterocycles. The maximum atomic E-state index is 11.3. The van der Waals surface area contributed by atoms with E-state index in [2.05, 4.69) is 20.7 Å². The van der Waals surface area contributed by atoms with Gasteiger partial charge < -0.3 is 19.3 Å². The third-order valence-electron chi connectivity index (χ3n) is 1.69. The van der Waals surface area contributed by atoms with Crippen LogP contribution in [-0.4, -0.2) is 38.5 Å². The largest absolute Gasteiger partial charge is 0.505 e. The molecule has 0 aliphatic carbocycles. The number of thiophene rings is 1. The van der Waals surface area contributed by atoms with Gasteiger partial charge in [-0.3, -0.25) is 0 Å². The van der Waals surface area contributed by atoms with Gasteiger partial charge in [-0.05, 0) is 15.9 Å². The number of hydrogen-bond donors (Lipinski definition) is 1. The summed E-state index contributed by atoms with van der Waals surface area (Å²) in [6.07, 6.45) is 0. The third kappa shape index (κ3) is 2.87. The topological polar surface area (TPSA) is 65.0 Å². The number of carbonyl (C=O) groups excluding carboxylic acids is 1. The van der Waals surface area contributed by atoms with E-state index in [1.165, 1.54) is 7.11 Å². The number of carbonyl (C=O) groups is 1. The molecule has 1 rings (SSSR count). The lowest BCUT2D eigenvalue weighted by Crippen LogP contribution is -2.03. The summed E-state index contributed by atoms with van der Waals surface area (Å²) in [5, 5.41) is 10.1. The van der Waals surface area contributed by atoms with Crippen molar-refractivity contribution in [3.63, 3.8) is 0 Å². The second kappa shape index (κ2) is 6.07. The lowest BCUT2D eigenvalue weighted by atomic mass is 10.4. The van der Waals surface area contributed by atoms with Gasteiger partial charge in [-0.1, -0.05) is 11.3 Å². The Labute approximate surface area is 105 Å². The molecule has 0 radical (unpaired) electrons. The zero-order valence-corrected chi connectivity index (χ0v) is 11.2. The maximum absolute atomic E-state index is 11.3. The molecule has 0 unspecified atom stereocenters. The van der Waals surface area contributed by atoms with Gasteiger partial charge in [-0.15, -0.1) is 0 Å². The van der Waals surface area contributed by atoms with Crippen molar-refractivity contribution in [1.29, 1.82) is 0 Å². The number of halogens is 1. The fourth-order valence-corrected chi connectivity index (χ4v) is 2.49. The quantitative estimate of drug-likeness (QED) is 0.666. The second-order valence-electron chi connectivity index (χ2n) is 2.71. The zero-order valence-electron chi connectivity index (χ0n) is 8.78. The molecule has 0 aliphatic rings. The molecule has 0 aliphatic heterocycles. The normalized spacial score (nSPS) is 10.2. The number of ether oxygens (including phenoxy) is 3. The summed E-state index contributed by atoms with van der Waals surface area (Å²) in [7, 11) is 2.81. The SMILES string of the molecule is COCCOc1sc(C(=O)OC)c(O)c1Br. The van der Waals surface area contributed by atoms with Crippen molar-refractivity contribution >= 4 is 33.2 Å². The van der Waals surface area contributed by atoms with Crippen LogP contribution >= 0.6 is 27.3 Å². The summed E-state index contributed by atoms with van der Waals surface area (Å²) in [6, 6.07) is 0. The van der Waals surface area contributed by atoms with Gasteiger partial charge in [0.25, 0.3) is 0 Å². The highest BCUT2D eigenvalue weighted by Crippen LogP contribution is 2.44. The van der Waals surface area contributed by atoms with Crippen LogP contribution in [0.3, 0.4) is 0 Å². The van der Waals surface area contributed by atoms with Gasteiger partial charge in [0.1, 0.15) is 11.1 Å². The molecular weight excluding hydrogens is 300 g/mol. The zero-order chi connectivity index (χ0) is 12.1. The van der Waals surface area contributed by atoms with E-state index in [-0.39, 0.29) is 10.6 Å². The summed E-state index contributed by atoms with van der Waals surface area (Å²) in [5.41, 5.74) is 0. The number of rotatable bonds is 5. The highest BCUT2D eigenvalue weighted by molar-refractivity contribution is 9.10. The van der Waals surface area contributed by atoms with Crippen molar-refractivity contribution in [1.82, 2.24) is 0 Å². The Hall–Kier alpha value is -0.790. The fourth-order valence-electron chi connectivity index (χ4n) is 0.924. The number of esters is 1. The average molecular weight is 311 g/mol. The van der Waals surface area contributed by atoms with Crippen LogP contribution in [0.5, 0.6) is 10.8 Å². The van der Waals surface area contributed by atoms with Gasteiger partial charge in [0, 0.05) is 7.11 Å². The first-order chi connectivity index (χ1) is 7.61. The van der Waals surface area contributed by atoms with E-state index >= 15 is 0 Å². The Bertz CT molecular complexity index is 376. The molecule has 0 saturated carbocycles. The van der Waals surface area contributed by atoms with E-state index in [9.17, 15) is 9.90 Å². The van der Waals surface area contributed by atoms with Crippen LogP contribution in [0.15, 0.2) is 4.47 Å². The standard InChI is InChI=1S/C9H11BrO5S/c1-13-3-4-15-9-5(10)6(11)7(16-9)8(12)14-2/h11H,3-4H2,1-2H3. The maximum Gasteiger partial charge on any atom is 0.352 e. The number of aromatic hydroxyl groups is 1. The Balaban J connectivity index is 2.83. The van der Waals surface area contributed by atoms with E-state index < -0.39 is 5.97 Å². The molecule has 0 bridgehead atoms. The summed E-state index contributed by atoms with van der Waals surface area (Å²) in [5.74, 6) is -0.756. The number of hydrogen-bond acceptors (Lipinski definition) is 6. The molecule has 1 heterocycles. The first kappa shape index (κ1) is 13.3. The minimum Gasteiger partial charge on any atom is -0.505 e. The Kier molecular flexibility index (Phi) is 5.04. The van der Waals surface area contributed by atoms with Crippen molar-refractivity contribution in [2.45, 2.75) is 0 Å². The minimum atomic E-state index is -0.593. The average Bonchev–Trinajstić information content (AvgIpc) is 2.57. The number of methoxy groups -OCH3 is 2. The molecule has 1 aromatic heterocycles. The van der Waals surface area contributed by atoms with Crippen LogP contribution in [0.25, 0.3) is 0 Å². The van der Waals surface area contributed by atoms with Crippen LogP contribution in [0.2, 0.25) is 0 Å². The van der Waals surface area contributed by atoms with Gasteiger partial charge in [-0.2, -0.15) is 0 Å². The molecule has 16 heavy (non-hydrogen) atoms. The molecule has 1 N–H and O–H groups in total. The molecular formula is C9H11BrO5S. The van der Waals surface area contributed by atoms with E-state index in [0.29, 0.717) is 22.7 Å². The Morgan fingerprint density at radius 2 is 2.12 bits per heavy atom. The van der Waals surface area contributed by atoms with Gasteiger partial charge in [0.05, 0.1) is 13.7 Å². The highest BCUT2D eigenvalue weighted by Gasteiger charge is 2.22. The third-order valence-corrected chi connectivity index (χ3v) is 3.76. The molecule has 0 aromatic carbocycles. The van der Waals surface area contributed by atoms with Crippen LogP contribution in [0.4, 0.5) is 0 Å². The Morgan fingerprint density at radius 1 is 1.44 bits per heavy atom. The summed E-state index contributed by atoms with van der Waals surface area (Å²) < 4.78 is 15.0. The van der Waals surface area contributed by atoms with Crippen LogP contribution in [0, 0.1) is 0 Å². The van der Waals surface area contributed by atoms with E-state index in [1.54, 1.807) is 7.11 Å². The van der Waals surface area contributed by atoms with E-state index in [4.69, 9.17) is 9.47 Å². The predicted octanol–water partition coefficient (Wildman–Crippen LogP) is 2.03. The highest BCUT2D eigenvalue weighted by atomic mass is 79.9. The predicted molar refractivity (Wildman–Crippen MR) is 62.4 cm³/mol. The van der Waals surface area contributed by atoms with Gasteiger partial charge in [0.2, 0.25) is 0 Å². The lowest BCUT2D eigenvalue weighted by Gasteiger charge is -2.01. The second-order valence-corrected chi connectivity index (χ2v) is 4.49.